The largest absolute Gasteiger partial charge is 0.353 e. The second-order valence-corrected chi connectivity index (χ2v) is 9.17. The first-order valence-corrected chi connectivity index (χ1v) is 11.5. The predicted molar refractivity (Wildman–Crippen MR) is 108 cm³/mol. The number of rotatable bonds is 3. The SMILES string of the molecule is CC(C)C1CCCCC(NC(=O)C2CCCCCCCC2)CCCC1. The lowest BCUT2D eigenvalue weighted by molar-refractivity contribution is -0.126. The van der Waals surface area contributed by atoms with E-state index in [1.807, 2.05) is 0 Å². The summed E-state index contributed by atoms with van der Waals surface area (Å²) in [7, 11) is 0. The topological polar surface area (TPSA) is 29.1 Å². The summed E-state index contributed by atoms with van der Waals surface area (Å²) in [5.41, 5.74) is 0. The summed E-state index contributed by atoms with van der Waals surface area (Å²) in [5, 5.41) is 3.47. The first kappa shape index (κ1) is 20.8. The molecule has 0 aromatic carbocycles. The molecule has 146 valence electrons. The lowest BCUT2D eigenvalue weighted by Crippen LogP contribution is -2.39. The van der Waals surface area contributed by atoms with Gasteiger partial charge in [-0.3, -0.25) is 4.79 Å². The van der Waals surface area contributed by atoms with Crippen molar-refractivity contribution in [1.29, 1.82) is 0 Å². The van der Waals surface area contributed by atoms with Gasteiger partial charge in [0.1, 0.15) is 0 Å². The van der Waals surface area contributed by atoms with E-state index < -0.39 is 0 Å². The first-order valence-electron chi connectivity index (χ1n) is 11.5. The molecule has 0 unspecified atom stereocenters. The van der Waals surface area contributed by atoms with Crippen molar-refractivity contribution < 1.29 is 4.79 Å². The minimum Gasteiger partial charge on any atom is -0.353 e. The van der Waals surface area contributed by atoms with Crippen molar-refractivity contribution in [3.63, 3.8) is 0 Å². The van der Waals surface area contributed by atoms with Gasteiger partial charge in [-0.05, 0) is 37.5 Å². The van der Waals surface area contributed by atoms with Crippen molar-refractivity contribution in [2.75, 3.05) is 0 Å². The summed E-state index contributed by atoms with van der Waals surface area (Å²) in [6.45, 7) is 4.77. The third-order valence-corrected chi connectivity index (χ3v) is 6.77. The van der Waals surface area contributed by atoms with Crippen LogP contribution in [0.3, 0.4) is 0 Å². The van der Waals surface area contributed by atoms with Gasteiger partial charge < -0.3 is 5.32 Å². The van der Waals surface area contributed by atoms with E-state index in [1.165, 1.54) is 89.9 Å². The molecule has 0 heterocycles. The maximum Gasteiger partial charge on any atom is 0.223 e. The number of carbonyl (C=O) groups is 1. The summed E-state index contributed by atoms with van der Waals surface area (Å²) >= 11 is 0. The summed E-state index contributed by atoms with van der Waals surface area (Å²) in [4.78, 5) is 12.8. The van der Waals surface area contributed by atoms with Crippen LogP contribution in [0.1, 0.15) is 117 Å². The summed E-state index contributed by atoms with van der Waals surface area (Å²) < 4.78 is 0. The standard InChI is InChI=1S/C23H43NO/c1-19(2)20-13-9-11-17-22(18-12-10-14-20)24-23(25)21-15-7-5-3-4-6-8-16-21/h19-22H,3-18H2,1-2H3,(H,24,25). The average Bonchev–Trinajstić information content (AvgIpc) is 2.73. The minimum atomic E-state index is 0.291. The molecular weight excluding hydrogens is 306 g/mol. The molecule has 2 aliphatic carbocycles. The van der Waals surface area contributed by atoms with E-state index in [1.54, 1.807) is 0 Å². The zero-order valence-corrected chi connectivity index (χ0v) is 17.0. The van der Waals surface area contributed by atoms with Crippen molar-refractivity contribution >= 4 is 5.91 Å². The van der Waals surface area contributed by atoms with Gasteiger partial charge in [-0.1, -0.05) is 90.9 Å². The molecule has 0 bridgehead atoms. The van der Waals surface area contributed by atoms with Crippen molar-refractivity contribution in [2.24, 2.45) is 17.8 Å². The van der Waals surface area contributed by atoms with Crippen LogP contribution in [0.25, 0.3) is 0 Å². The molecule has 2 aliphatic rings. The van der Waals surface area contributed by atoms with Crippen LogP contribution in [-0.2, 0) is 4.79 Å². The molecule has 0 atom stereocenters. The zero-order valence-electron chi connectivity index (χ0n) is 17.0. The van der Waals surface area contributed by atoms with Gasteiger partial charge in [0.05, 0.1) is 0 Å². The van der Waals surface area contributed by atoms with E-state index >= 15 is 0 Å². The molecule has 1 amide bonds. The Hall–Kier alpha value is -0.530. The zero-order chi connectivity index (χ0) is 17.9. The molecule has 0 radical (unpaired) electrons. The van der Waals surface area contributed by atoms with Gasteiger partial charge in [-0.2, -0.15) is 0 Å². The molecule has 0 aliphatic heterocycles. The molecular formula is C23H43NO. The first-order chi connectivity index (χ1) is 12.2. The van der Waals surface area contributed by atoms with Crippen molar-refractivity contribution in [3.8, 4) is 0 Å². The van der Waals surface area contributed by atoms with Crippen LogP contribution >= 0.6 is 0 Å². The van der Waals surface area contributed by atoms with E-state index in [4.69, 9.17) is 0 Å². The monoisotopic (exact) mass is 349 g/mol. The van der Waals surface area contributed by atoms with E-state index in [-0.39, 0.29) is 0 Å². The van der Waals surface area contributed by atoms with Crippen LogP contribution in [0.5, 0.6) is 0 Å². The number of hydrogen-bond donors (Lipinski definition) is 1. The number of amides is 1. The molecule has 25 heavy (non-hydrogen) atoms. The highest BCUT2D eigenvalue weighted by Gasteiger charge is 2.22. The van der Waals surface area contributed by atoms with Crippen LogP contribution in [0, 0.1) is 17.8 Å². The van der Waals surface area contributed by atoms with Crippen LogP contribution in [0.4, 0.5) is 0 Å². The van der Waals surface area contributed by atoms with Gasteiger partial charge in [0.25, 0.3) is 0 Å². The van der Waals surface area contributed by atoms with Crippen LogP contribution in [-0.4, -0.2) is 11.9 Å². The third-order valence-electron chi connectivity index (χ3n) is 6.77. The molecule has 2 saturated carbocycles. The Kier molecular flexibility index (Phi) is 9.94. The lowest BCUT2D eigenvalue weighted by atomic mass is 9.84. The molecule has 2 fully saturated rings. The van der Waals surface area contributed by atoms with E-state index in [0.717, 1.165) is 24.7 Å². The van der Waals surface area contributed by atoms with Crippen molar-refractivity contribution in [2.45, 2.75) is 123 Å². The maximum atomic E-state index is 12.8. The summed E-state index contributed by atoms with van der Waals surface area (Å²) in [5.74, 6) is 2.42. The van der Waals surface area contributed by atoms with Gasteiger partial charge in [0.15, 0.2) is 0 Å². The van der Waals surface area contributed by atoms with E-state index in [9.17, 15) is 4.79 Å². The highest BCUT2D eigenvalue weighted by Crippen LogP contribution is 2.27. The minimum absolute atomic E-state index is 0.291. The lowest BCUT2D eigenvalue weighted by Gasteiger charge is -2.26. The van der Waals surface area contributed by atoms with Crippen LogP contribution < -0.4 is 5.32 Å². The fraction of sp³-hybridized carbons (Fsp3) is 0.957. The number of carbonyl (C=O) groups excluding carboxylic acids is 1. The summed E-state index contributed by atoms with van der Waals surface area (Å²) in [6, 6.07) is 0.440. The Morgan fingerprint density at radius 1 is 0.680 bits per heavy atom. The number of hydrogen-bond acceptors (Lipinski definition) is 1. The Bertz CT molecular complexity index is 343. The molecule has 0 aromatic rings. The van der Waals surface area contributed by atoms with Crippen LogP contribution in [0.15, 0.2) is 0 Å². The van der Waals surface area contributed by atoms with E-state index in [0.29, 0.717) is 17.9 Å². The fourth-order valence-electron chi connectivity index (χ4n) is 4.91. The highest BCUT2D eigenvalue weighted by molar-refractivity contribution is 5.78. The molecule has 0 spiro atoms. The Morgan fingerprint density at radius 2 is 1.12 bits per heavy atom. The molecule has 2 nitrogen and oxygen atoms in total. The smallest absolute Gasteiger partial charge is 0.223 e. The second kappa shape index (κ2) is 12.0. The van der Waals surface area contributed by atoms with Gasteiger partial charge in [0.2, 0.25) is 5.91 Å². The van der Waals surface area contributed by atoms with Crippen LogP contribution in [0.2, 0.25) is 0 Å². The molecule has 0 saturated heterocycles. The Labute approximate surface area is 156 Å². The average molecular weight is 350 g/mol. The quantitative estimate of drug-likeness (QED) is 0.609. The maximum absolute atomic E-state index is 12.8. The van der Waals surface area contributed by atoms with Crippen molar-refractivity contribution in [1.82, 2.24) is 5.32 Å². The fourth-order valence-corrected chi connectivity index (χ4v) is 4.91. The Morgan fingerprint density at radius 3 is 1.64 bits per heavy atom. The summed E-state index contributed by atoms with van der Waals surface area (Å²) in [6.07, 6.45) is 20.6. The van der Waals surface area contributed by atoms with Gasteiger partial charge >= 0.3 is 0 Å². The normalized spacial score (nSPS) is 28.6. The van der Waals surface area contributed by atoms with Gasteiger partial charge in [-0.25, -0.2) is 0 Å². The Balaban J connectivity index is 1.78. The second-order valence-electron chi connectivity index (χ2n) is 9.17. The molecule has 0 aromatic heterocycles. The van der Waals surface area contributed by atoms with Gasteiger partial charge in [0, 0.05) is 12.0 Å². The number of nitrogens with one attached hydrogen (secondary N) is 1. The third kappa shape index (κ3) is 8.13. The van der Waals surface area contributed by atoms with Crippen molar-refractivity contribution in [3.05, 3.63) is 0 Å². The molecule has 1 N–H and O–H groups in total. The predicted octanol–water partition coefficient (Wildman–Crippen LogP) is 6.63. The van der Waals surface area contributed by atoms with Gasteiger partial charge in [-0.15, -0.1) is 0 Å². The van der Waals surface area contributed by atoms with E-state index in [2.05, 4.69) is 19.2 Å². The molecule has 2 rings (SSSR count). The molecule has 2 heteroatoms. The highest BCUT2D eigenvalue weighted by atomic mass is 16.1.